The van der Waals surface area contributed by atoms with Crippen molar-refractivity contribution in [3.05, 3.63) is 46.7 Å². The minimum absolute atomic E-state index is 0.172. The van der Waals surface area contributed by atoms with Gasteiger partial charge in [0.05, 0.1) is 18.4 Å². The first kappa shape index (κ1) is 24.3. The van der Waals surface area contributed by atoms with Crippen molar-refractivity contribution in [1.29, 1.82) is 0 Å². The second-order valence-electron chi connectivity index (χ2n) is 7.18. The van der Waals surface area contributed by atoms with Gasteiger partial charge in [0.1, 0.15) is 21.5 Å². The second kappa shape index (κ2) is 11.5. The minimum atomic E-state index is -4.54. The highest BCUT2D eigenvalue weighted by molar-refractivity contribution is 7.20. The van der Waals surface area contributed by atoms with Gasteiger partial charge in [0, 0.05) is 18.1 Å². The van der Waals surface area contributed by atoms with Gasteiger partial charge in [0.15, 0.2) is 5.13 Å². The molecule has 0 aliphatic carbocycles. The lowest BCUT2D eigenvalue weighted by atomic mass is 10.1. The van der Waals surface area contributed by atoms with Crippen LogP contribution in [0, 0.1) is 0 Å². The van der Waals surface area contributed by atoms with Crippen LogP contribution in [0.3, 0.4) is 0 Å². The molecule has 0 aliphatic rings. The molecule has 3 rings (SSSR count). The number of nitrogens with one attached hydrogen (secondary N) is 1. The van der Waals surface area contributed by atoms with Crippen molar-refractivity contribution in [3.8, 4) is 17.1 Å². The average Bonchev–Trinajstić information content (AvgIpc) is 3.13. The number of hydrogen-bond donors (Lipinski definition) is 1. The number of alkyl halides is 3. The van der Waals surface area contributed by atoms with E-state index in [1.807, 2.05) is 0 Å². The molecule has 10 heteroatoms. The predicted molar refractivity (Wildman–Crippen MR) is 122 cm³/mol. The van der Waals surface area contributed by atoms with Crippen LogP contribution < -0.4 is 10.1 Å². The fourth-order valence-corrected chi connectivity index (χ4v) is 4.16. The van der Waals surface area contributed by atoms with Crippen LogP contribution in [-0.4, -0.2) is 21.6 Å². The van der Waals surface area contributed by atoms with E-state index in [0.717, 1.165) is 49.5 Å². The minimum Gasteiger partial charge on any atom is -0.493 e. The molecular formula is C22H24ClF3N4OS. The number of nitrogens with zero attached hydrogens (tertiary/aromatic N) is 3. The van der Waals surface area contributed by atoms with Crippen LogP contribution in [0.1, 0.15) is 51.0 Å². The number of anilines is 2. The molecule has 0 saturated heterocycles. The van der Waals surface area contributed by atoms with Crippen LogP contribution in [0.25, 0.3) is 11.4 Å². The van der Waals surface area contributed by atoms with Crippen LogP contribution in [0.4, 0.5) is 24.0 Å². The van der Waals surface area contributed by atoms with Crippen molar-refractivity contribution in [2.75, 3.05) is 11.9 Å². The van der Waals surface area contributed by atoms with E-state index in [2.05, 4.69) is 27.2 Å². The largest absolute Gasteiger partial charge is 0.493 e. The van der Waals surface area contributed by atoms with Crippen molar-refractivity contribution in [1.82, 2.24) is 15.0 Å². The molecule has 32 heavy (non-hydrogen) atoms. The van der Waals surface area contributed by atoms with E-state index in [0.29, 0.717) is 20.9 Å². The number of benzene rings is 1. The van der Waals surface area contributed by atoms with Crippen LogP contribution in [0.15, 0.2) is 36.8 Å². The molecule has 3 aromatic rings. The van der Waals surface area contributed by atoms with Gasteiger partial charge in [0.25, 0.3) is 0 Å². The molecule has 0 fully saturated rings. The number of aromatic nitrogens is 3. The molecule has 1 aromatic carbocycles. The van der Waals surface area contributed by atoms with Crippen molar-refractivity contribution in [3.63, 3.8) is 0 Å². The third-order valence-electron chi connectivity index (χ3n) is 4.68. The summed E-state index contributed by atoms with van der Waals surface area (Å²) in [6.45, 7) is 2.39. The molecule has 2 aromatic heterocycles. The van der Waals surface area contributed by atoms with Gasteiger partial charge >= 0.3 is 6.18 Å². The Morgan fingerprint density at radius 1 is 1.09 bits per heavy atom. The third kappa shape index (κ3) is 6.80. The van der Waals surface area contributed by atoms with Crippen LogP contribution in [0.5, 0.6) is 5.75 Å². The Bertz CT molecular complexity index is 999. The molecule has 0 saturated carbocycles. The number of thiazole rings is 1. The third-order valence-corrected chi connectivity index (χ3v) is 5.85. The Morgan fingerprint density at radius 3 is 2.59 bits per heavy atom. The van der Waals surface area contributed by atoms with Crippen molar-refractivity contribution >= 4 is 33.8 Å². The van der Waals surface area contributed by atoms with Crippen LogP contribution in [-0.2, 0) is 6.18 Å². The van der Waals surface area contributed by atoms with Gasteiger partial charge in [0.2, 0.25) is 0 Å². The normalized spacial score (nSPS) is 11.5. The Hall–Kier alpha value is -2.39. The lowest BCUT2D eigenvalue weighted by molar-refractivity contribution is -0.138. The van der Waals surface area contributed by atoms with E-state index < -0.39 is 11.7 Å². The van der Waals surface area contributed by atoms with Gasteiger partial charge in [-0.3, -0.25) is 9.97 Å². The van der Waals surface area contributed by atoms with Crippen LogP contribution in [0.2, 0.25) is 4.34 Å². The molecule has 1 N–H and O–H groups in total. The molecule has 0 unspecified atom stereocenters. The summed E-state index contributed by atoms with van der Waals surface area (Å²) in [4.78, 5) is 12.5. The molecule has 172 valence electrons. The van der Waals surface area contributed by atoms with Crippen LogP contribution >= 0.6 is 22.9 Å². The first-order chi connectivity index (χ1) is 15.4. The van der Waals surface area contributed by atoms with Gasteiger partial charge < -0.3 is 10.1 Å². The SMILES string of the molecule is CCCCCCCCOc1ccc(Nc2nc(-c3cnccn3)c(Cl)s2)cc1C(F)(F)F. The summed E-state index contributed by atoms with van der Waals surface area (Å²) < 4.78 is 46.7. The molecule has 0 aliphatic heterocycles. The smallest absolute Gasteiger partial charge is 0.420 e. The van der Waals surface area contributed by atoms with E-state index >= 15 is 0 Å². The van der Waals surface area contributed by atoms with E-state index in [-0.39, 0.29) is 18.0 Å². The summed E-state index contributed by atoms with van der Waals surface area (Å²) in [5, 5.41) is 3.24. The monoisotopic (exact) mass is 484 g/mol. The zero-order valence-corrected chi connectivity index (χ0v) is 19.2. The van der Waals surface area contributed by atoms with Gasteiger partial charge in [-0.2, -0.15) is 13.2 Å². The fraction of sp³-hybridized carbons (Fsp3) is 0.409. The molecular weight excluding hydrogens is 461 g/mol. The van der Waals surface area contributed by atoms with Gasteiger partial charge in [-0.25, -0.2) is 4.98 Å². The topological polar surface area (TPSA) is 59.9 Å². The number of unbranched alkanes of at least 4 members (excludes halogenated alkanes) is 5. The first-order valence-electron chi connectivity index (χ1n) is 10.4. The summed E-state index contributed by atoms with van der Waals surface area (Å²) in [6.07, 6.45) is 6.23. The molecule has 5 nitrogen and oxygen atoms in total. The maximum absolute atomic E-state index is 13.6. The standard InChI is InChI=1S/C22H24ClF3N4OS/c1-2-3-4-5-6-7-12-31-18-9-8-15(13-16(18)22(24,25)26)29-21-30-19(20(23)32-21)17-14-27-10-11-28-17/h8-11,13-14H,2-7,12H2,1H3,(H,29,30). The molecule has 0 bridgehead atoms. The van der Waals surface area contributed by atoms with Crippen molar-refractivity contribution < 1.29 is 17.9 Å². The summed E-state index contributed by atoms with van der Waals surface area (Å²) in [7, 11) is 0. The highest BCUT2D eigenvalue weighted by atomic mass is 35.5. The van der Waals surface area contributed by atoms with E-state index in [9.17, 15) is 13.2 Å². The van der Waals surface area contributed by atoms with Gasteiger partial charge in [-0.1, -0.05) is 62.0 Å². The predicted octanol–water partition coefficient (Wildman–Crippen LogP) is 7.76. The fourth-order valence-electron chi connectivity index (χ4n) is 3.08. The molecule has 0 radical (unpaired) electrons. The second-order valence-corrected chi connectivity index (χ2v) is 8.78. The highest BCUT2D eigenvalue weighted by Gasteiger charge is 2.35. The maximum atomic E-state index is 13.6. The Labute approximate surface area is 194 Å². The first-order valence-corrected chi connectivity index (χ1v) is 11.6. The summed E-state index contributed by atoms with van der Waals surface area (Å²) in [5.74, 6) is -0.172. The lowest BCUT2D eigenvalue weighted by Gasteiger charge is -2.15. The Kier molecular flexibility index (Phi) is 8.69. The number of rotatable bonds is 11. The zero-order valence-electron chi connectivity index (χ0n) is 17.6. The lowest BCUT2D eigenvalue weighted by Crippen LogP contribution is -2.10. The zero-order chi connectivity index (χ0) is 23.0. The quantitative estimate of drug-likeness (QED) is 0.282. The maximum Gasteiger partial charge on any atom is 0.420 e. The summed E-state index contributed by atoms with van der Waals surface area (Å²) in [5.41, 5.74) is 0.309. The van der Waals surface area contributed by atoms with E-state index in [1.54, 1.807) is 0 Å². The molecule has 0 atom stereocenters. The van der Waals surface area contributed by atoms with Gasteiger partial charge in [-0.15, -0.1) is 0 Å². The molecule has 0 spiro atoms. The number of ether oxygens (including phenoxy) is 1. The number of halogens is 4. The highest BCUT2D eigenvalue weighted by Crippen LogP contribution is 2.40. The number of hydrogen-bond acceptors (Lipinski definition) is 6. The van der Waals surface area contributed by atoms with Crippen molar-refractivity contribution in [2.24, 2.45) is 0 Å². The van der Waals surface area contributed by atoms with E-state index in [4.69, 9.17) is 16.3 Å². The summed E-state index contributed by atoms with van der Waals surface area (Å²) in [6, 6.07) is 3.89. The van der Waals surface area contributed by atoms with E-state index in [1.165, 1.54) is 37.1 Å². The average molecular weight is 485 g/mol. The molecule has 2 heterocycles. The summed E-state index contributed by atoms with van der Waals surface area (Å²) >= 11 is 7.34. The van der Waals surface area contributed by atoms with Crippen molar-refractivity contribution in [2.45, 2.75) is 51.6 Å². The molecule has 0 amide bonds. The Morgan fingerprint density at radius 2 is 1.88 bits per heavy atom. The Balaban J connectivity index is 1.68. The van der Waals surface area contributed by atoms with Gasteiger partial charge in [-0.05, 0) is 24.6 Å².